The Bertz CT molecular complexity index is 1000. The number of hydrogen-bond donors (Lipinski definition) is 1. The zero-order valence-corrected chi connectivity index (χ0v) is 14.5. The van der Waals surface area contributed by atoms with E-state index in [1.54, 1.807) is 12.3 Å². The monoisotopic (exact) mass is 360 g/mol. The van der Waals surface area contributed by atoms with Crippen LogP contribution in [0.3, 0.4) is 0 Å². The molecule has 0 atom stereocenters. The van der Waals surface area contributed by atoms with Crippen LogP contribution in [0.25, 0.3) is 22.2 Å². The number of hydrogen-bond acceptors (Lipinski definition) is 4. The largest absolute Gasteiger partial charge is 0.307 e. The fourth-order valence-corrected chi connectivity index (χ4v) is 3.40. The summed E-state index contributed by atoms with van der Waals surface area (Å²) in [7, 11) is 0. The van der Waals surface area contributed by atoms with Gasteiger partial charge in [-0.05, 0) is 55.1 Å². The van der Waals surface area contributed by atoms with Crippen LogP contribution in [-0.4, -0.2) is 20.5 Å². The van der Waals surface area contributed by atoms with Gasteiger partial charge in [-0.25, -0.2) is 18.7 Å². The quantitative estimate of drug-likeness (QED) is 0.665. The normalized spacial score (nSPS) is 16.0. The number of halogens is 3. The Hall–Kier alpha value is -2.18. The van der Waals surface area contributed by atoms with Crippen molar-refractivity contribution in [3.8, 4) is 11.3 Å². The van der Waals surface area contributed by atoms with E-state index in [1.165, 1.54) is 6.07 Å². The molecular formula is C18H15ClF2N4. The van der Waals surface area contributed by atoms with Gasteiger partial charge < -0.3 is 5.32 Å². The molecule has 4 rings (SSSR count). The maximum absolute atomic E-state index is 14.6. The molecule has 1 N–H and O–H groups in total. The van der Waals surface area contributed by atoms with E-state index in [2.05, 4.69) is 34.1 Å². The first kappa shape index (κ1) is 16.3. The smallest absolute Gasteiger partial charge is 0.223 e. The first-order valence-electron chi connectivity index (χ1n) is 7.87. The molecule has 128 valence electrons. The highest BCUT2D eigenvalue weighted by Crippen LogP contribution is 2.33. The lowest BCUT2D eigenvalue weighted by Gasteiger charge is -2.33. The summed E-state index contributed by atoms with van der Waals surface area (Å²) in [6.07, 6.45) is 3.49. The third kappa shape index (κ3) is 2.85. The summed E-state index contributed by atoms with van der Waals surface area (Å²) in [6.45, 7) is 4.81. The fraction of sp³-hybridized carbons (Fsp3) is 0.278. The van der Waals surface area contributed by atoms with Crippen LogP contribution in [0.5, 0.6) is 0 Å². The van der Waals surface area contributed by atoms with Crippen LogP contribution in [0.2, 0.25) is 5.28 Å². The molecule has 3 heterocycles. The maximum Gasteiger partial charge on any atom is 0.223 e. The predicted octanol–water partition coefficient (Wildman–Crippen LogP) is 4.05. The zero-order valence-electron chi connectivity index (χ0n) is 13.7. The highest BCUT2D eigenvalue weighted by molar-refractivity contribution is 6.28. The number of aromatic nitrogens is 3. The number of rotatable bonds is 1. The molecule has 7 heteroatoms. The Morgan fingerprint density at radius 1 is 1.12 bits per heavy atom. The van der Waals surface area contributed by atoms with Crippen molar-refractivity contribution in [1.82, 2.24) is 20.3 Å². The van der Waals surface area contributed by atoms with Crippen LogP contribution in [0.4, 0.5) is 8.78 Å². The minimum Gasteiger partial charge on any atom is -0.307 e. The highest BCUT2D eigenvalue weighted by Gasteiger charge is 2.27. The summed E-state index contributed by atoms with van der Waals surface area (Å²) in [5.41, 5.74) is 2.55. The molecule has 0 radical (unpaired) electrons. The van der Waals surface area contributed by atoms with Crippen LogP contribution < -0.4 is 5.32 Å². The van der Waals surface area contributed by atoms with Gasteiger partial charge in [0.2, 0.25) is 5.28 Å². The summed E-state index contributed by atoms with van der Waals surface area (Å²) in [5, 5.41) is 4.00. The molecule has 2 aromatic heterocycles. The number of nitrogens with one attached hydrogen (secondary N) is 1. The van der Waals surface area contributed by atoms with E-state index in [9.17, 15) is 8.78 Å². The van der Waals surface area contributed by atoms with E-state index in [-0.39, 0.29) is 22.0 Å². The minimum atomic E-state index is -0.653. The molecular weight excluding hydrogens is 346 g/mol. The topological polar surface area (TPSA) is 50.7 Å². The Morgan fingerprint density at radius 3 is 2.72 bits per heavy atom. The summed E-state index contributed by atoms with van der Waals surface area (Å²) in [5.74, 6) is -1.17. The average molecular weight is 361 g/mol. The average Bonchev–Trinajstić information content (AvgIpc) is 2.55. The van der Waals surface area contributed by atoms with Gasteiger partial charge in [-0.3, -0.25) is 4.98 Å². The van der Waals surface area contributed by atoms with Crippen LogP contribution in [0, 0.1) is 11.6 Å². The molecule has 0 saturated heterocycles. The number of benzene rings is 1. The predicted molar refractivity (Wildman–Crippen MR) is 92.3 cm³/mol. The standard InChI is InChI=1S/C18H15ClF2N4/c1-18(2)5-10-6-22-16-11(12(10)7-24-18)3-9(4-13(16)20)15-14(21)8-23-17(19)25-15/h3-4,6,8,24H,5,7H2,1-2H3. The number of pyridine rings is 1. The fourth-order valence-electron chi connectivity index (χ4n) is 3.27. The first-order chi connectivity index (χ1) is 11.8. The minimum absolute atomic E-state index is 0.0255. The van der Waals surface area contributed by atoms with Crippen molar-refractivity contribution >= 4 is 22.5 Å². The van der Waals surface area contributed by atoms with Crippen molar-refractivity contribution in [2.24, 2.45) is 0 Å². The second-order valence-corrected chi connectivity index (χ2v) is 7.20. The Balaban J connectivity index is 1.96. The number of fused-ring (bicyclic) bond motifs is 3. The summed E-state index contributed by atoms with van der Waals surface area (Å²) >= 11 is 5.77. The first-order valence-corrected chi connectivity index (χ1v) is 8.25. The molecule has 0 fully saturated rings. The summed E-state index contributed by atoms with van der Waals surface area (Å²) in [4.78, 5) is 11.8. The van der Waals surface area contributed by atoms with Crippen molar-refractivity contribution in [2.75, 3.05) is 0 Å². The lowest BCUT2D eigenvalue weighted by atomic mass is 9.87. The molecule has 0 amide bonds. The van der Waals surface area contributed by atoms with Crippen molar-refractivity contribution < 1.29 is 8.78 Å². The molecule has 0 saturated carbocycles. The zero-order chi connectivity index (χ0) is 17.8. The Labute approximate surface area is 148 Å². The highest BCUT2D eigenvalue weighted by atomic mass is 35.5. The molecule has 3 aromatic rings. The van der Waals surface area contributed by atoms with Gasteiger partial charge in [0.25, 0.3) is 0 Å². The Kier molecular flexibility index (Phi) is 3.70. The van der Waals surface area contributed by atoms with Crippen molar-refractivity contribution in [3.05, 3.63) is 52.6 Å². The van der Waals surface area contributed by atoms with Gasteiger partial charge in [0.05, 0.1) is 6.20 Å². The van der Waals surface area contributed by atoms with Crippen LogP contribution in [0.1, 0.15) is 25.0 Å². The van der Waals surface area contributed by atoms with Gasteiger partial charge in [-0.1, -0.05) is 0 Å². The second-order valence-electron chi connectivity index (χ2n) is 6.87. The lowest BCUT2D eigenvalue weighted by molar-refractivity contribution is 0.363. The molecule has 1 aliphatic rings. The van der Waals surface area contributed by atoms with Gasteiger partial charge in [-0.15, -0.1) is 0 Å². The van der Waals surface area contributed by atoms with E-state index in [1.807, 2.05) is 0 Å². The van der Waals surface area contributed by atoms with E-state index in [4.69, 9.17) is 11.6 Å². The van der Waals surface area contributed by atoms with Crippen LogP contribution in [-0.2, 0) is 13.0 Å². The van der Waals surface area contributed by atoms with Crippen molar-refractivity contribution in [2.45, 2.75) is 32.4 Å². The SMILES string of the molecule is CC1(C)Cc2cnc3c(F)cc(-c4nc(Cl)ncc4F)cc3c2CN1. The van der Waals surface area contributed by atoms with E-state index in [0.29, 0.717) is 17.5 Å². The van der Waals surface area contributed by atoms with Crippen molar-refractivity contribution in [1.29, 1.82) is 0 Å². The summed E-state index contributed by atoms with van der Waals surface area (Å²) < 4.78 is 28.7. The van der Waals surface area contributed by atoms with Gasteiger partial charge >= 0.3 is 0 Å². The third-order valence-corrected chi connectivity index (χ3v) is 4.67. The van der Waals surface area contributed by atoms with Gasteiger partial charge in [0.1, 0.15) is 17.0 Å². The molecule has 0 spiro atoms. The van der Waals surface area contributed by atoms with Gasteiger partial charge in [0.15, 0.2) is 5.82 Å². The lowest BCUT2D eigenvalue weighted by Crippen LogP contribution is -2.44. The molecule has 0 unspecified atom stereocenters. The van der Waals surface area contributed by atoms with Crippen LogP contribution >= 0.6 is 11.6 Å². The van der Waals surface area contributed by atoms with E-state index >= 15 is 0 Å². The van der Waals surface area contributed by atoms with E-state index < -0.39 is 11.6 Å². The van der Waals surface area contributed by atoms with Gasteiger partial charge in [0, 0.05) is 29.2 Å². The molecule has 1 aromatic carbocycles. The molecule has 4 nitrogen and oxygen atoms in total. The number of nitrogens with zero attached hydrogens (tertiary/aromatic N) is 3. The van der Waals surface area contributed by atoms with E-state index in [0.717, 1.165) is 23.7 Å². The third-order valence-electron chi connectivity index (χ3n) is 4.49. The Morgan fingerprint density at radius 2 is 1.92 bits per heavy atom. The molecule has 25 heavy (non-hydrogen) atoms. The molecule has 0 aliphatic carbocycles. The summed E-state index contributed by atoms with van der Waals surface area (Å²) in [6, 6.07) is 2.94. The second kappa shape index (κ2) is 5.68. The van der Waals surface area contributed by atoms with Crippen molar-refractivity contribution in [3.63, 3.8) is 0 Å². The van der Waals surface area contributed by atoms with Crippen LogP contribution in [0.15, 0.2) is 24.5 Å². The maximum atomic E-state index is 14.6. The molecule has 1 aliphatic heterocycles. The van der Waals surface area contributed by atoms with Gasteiger partial charge in [-0.2, -0.15) is 0 Å². The molecule has 0 bridgehead atoms.